The largest absolute Gasteiger partial charge is 0.339 e. The number of benzene rings is 1. The summed E-state index contributed by atoms with van der Waals surface area (Å²) in [5, 5.41) is 0. The number of rotatable bonds is 2. The highest BCUT2D eigenvalue weighted by Gasteiger charge is 2.18. The molecule has 0 spiro atoms. The zero-order valence-corrected chi connectivity index (χ0v) is 11.8. The van der Waals surface area contributed by atoms with Crippen molar-refractivity contribution in [3.05, 3.63) is 42.2 Å². The van der Waals surface area contributed by atoms with Crippen LogP contribution in [0.2, 0.25) is 0 Å². The van der Waals surface area contributed by atoms with Gasteiger partial charge >= 0.3 is 0 Å². The van der Waals surface area contributed by atoms with Crippen molar-refractivity contribution >= 4 is 5.95 Å². The normalized spacial score (nSPS) is 19.1. The van der Waals surface area contributed by atoms with Gasteiger partial charge in [-0.2, -0.15) is 0 Å². The minimum atomic E-state index is 0.240. The molecule has 0 bridgehead atoms. The smallest absolute Gasteiger partial charge is 0.225 e. The average molecular weight is 268 g/mol. The van der Waals surface area contributed by atoms with Crippen LogP contribution in [-0.2, 0) is 0 Å². The summed E-state index contributed by atoms with van der Waals surface area (Å²) >= 11 is 0. The maximum Gasteiger partial charge on any atom is 0.225 e. The van der Waals surface area contributed by atoms with Crippen LogP contribution in [0.4, 0.5) is 5.95 Å². The standard InChI is InChI=1S/C16H20N4/c1-12-4-6-13(7-5-12)14-9-18-16(19-10-14)20-8-2-3-15(17)11-20/h4-7,9-10,15H,2-3,8,11,17H2,1H3. The van der Waals surface area contributed by atoms with Gasteiger partial charge in [0.1, 0.15) is 0 Å². The quantitative estimate of drug-likeness (QED) is 0.908. The van der Waals surface area contributed by atoms with Gasteiger partial charge in [-0.25, -0.2) is 9.97 Å². The maximum atomic E-state index is 6.00. The van der Waals surface area contributed by atoms with Crippen molar-refractivity contribution < 1.29 is 0 Å². The number of aromatic nitrogens is 2. The monoisotopic (exact) mass is 268 g/mol. The van der Waals surface area contributed by atoms with E-state index in [1.165, 1.54) is 5.56 Å². The summed E-state index contributed by atoms with van der Waals surface area (Å²) < 4.78 is 0. The Morgan fingerprint density at radius 1 is 1.10 bits per heavy atom. The number of nitrogens with two attached hydrogens (primary N) is 1. The van der Waals surface area contributed by atoms with Crippen molar-refractivity contribution in [1.29, 1.82) is 0 Å². The van der Waals surface area contributed by atoms with Gasteiger partial charge in [0.25, 0.3) is 0 Å². The van der Waals surface area contributed by atoms with Crippen LogP contribution in [0.15, 0.2) is 36.7 Å². The minimum absolute atomic E-state index is 0.240. The van der Waals surface area contributed by atoms with Gasteiger partial charge in [0.05, 0.1) is 0 Å². The zero-order chi connectivity index (χ0) is 13.9. The zero-order valence-electron chi connectivity index (χ0n) is 11.8. The average Bonchev–Trinajstić information content (AvgIpc) is 2.48. The fourth-order valence-corrected chi connectivity index (χ4v) is 2.57. The molecular formula is C16H20N4. The Hall–Kier alpha value is -1.94. The molecule has 1 aromatic heterocycles. The van der Waals surface area contributed by atoms with Crippen LogP contribution in [0.5, 0.6) is 0 Å². The van der Waals surface area contributed by atoms with Crippen molar-refractivity contribution in [3.63, 3.8) is 0 Å². The molecule has 4 heteroatoms. The lowest BCUT2D eigenvalue weighted by atomic mass is 10.1. The molecular weight excluding hydrogens is 248 g/mol. The molecule has 1 saturated heterocycles. The van der Waals surface area contributed by atoms with Crippen molar-refractivity contribution in [2.24, 2.45) is 5.73 Å². The van der Waals surface area contributed by atoms with E-state index in [4.69, 9.17) is 5.73 Å². The van der Waals surface area contributed by atoms with Crippen LogP contribution in [-0.4, -0.2) is 29.1 Å². The maximum absolute atomic E-state index is 6.00. The highest BCUT2D eigenvalue weighted by atomic mass is 15.3. The van der Waals surface area contributed by atoms with Gasteiger partial charge in [-0.15, -0.1) is 0 Å². The van der Waals surface area contributed by atoms with Crippen molar-refractivity contribution in [1.82, 2.24) is 9.97 Å². The van der Waals surface area contributed by atoms with Crippen LogP contribution < -0.4 is 10.6 Å². The fraction of sp³-hybridized carbons (Fsp3) is 0.375. The first kappa shape index (κ1) is 13.1. The minimum Gasteiger partial charge on any atom is -0.339 e. The van der Waals surface area contributed by atoms with Crippen LogP contribution in [0.3, 0.4) is 0 Å². The third-order valence-electron chi connectivity index (χ3n) is 3.76. The molecule has 20 heavy (non-hydrogen) atoms. The molecule has 4 nitrogen and oxygen atoms in total. The molecule has 1 aromatic carbocycles. The Kier molecular flexibility index (Phi) is 3.65. The van der Waals surface area contributed by atoms with E-state index in [1.807, 2.05) is 12.4 Å². The second-order valence-corrected chi connectivity index (χ2v) is 5.49. The first-order chi connectivity index (χ1) is 9.72. The predicted octanol–water partition coefficient (Wildman–Crippen LogP) is 2.38. The molecule has 1 aliphatic rings. The number of hydrogen-bond acceptors (Lipinski definition) is 4. The van der Waals surface area contributed by atoms with Gasteiger partial charge in [0.2, 0.25) is 5.95 Å². The highest BCUT2D eigenvalue weighted by molar-refractivity contribution is 5.62. The third kappa shape index (κ3) is 2.80. The SMILES string of the molecule is Cc1ccc(-c2cnc(N3CCCC(N)C3)nc2)cc1. The van der Waals surface area contributed by atoms with E-state index in [0.717, 1.165) is 43.0 Å². The van der Waals surface area contributed by atoms with E-state index in [1.54, 1.807) is 0 Å². The molecule has 2 N–H and O–H groups in total. The second-order valence-electron chi connectivity index (χ2n) is 5.49. The van der Waals surface area contributed by atoms with E-state index in [-0.39, 0.29) is 6.04 Å². The first-order valence-corrected chi connectivity index (χ1v) is 7.12. The Morgan fingerprint density at radius 3 is 2.45 bits per heavy atom. The Labute approximate surface area is 119 Å². The molecule has 0 amide bonds. The van der Waals surface area contributed by atoms with Crippen LogP contribution in [0.1, 0.15) is 18.4 Å². The summed E-state index contributed by atoms with van der Waals surface area (Å²) in [6.45, 7) is 3.93. The summed E-state index contributed by atoms with van der Waals surface area (Å²) in [6, 6.07) is 8.65. The number of piperidine rings is 1. The highest BCUT2D eigenvalue weighted by Crippen LogP contribution is 2.20. The topological polar surface area (TPSA) is 55.0 Å². The van der Waals surface area contributed by atoms with Gasteiger partial charge in [-0.05, 0) is 25.3 Å². The molecule has 104 valence electrons. The Bertz CT molecular complexity index is 562. The van der Waals surface area contributed by atoms with Gasteiger partial charge in [-0.3, -0.25) is 0 Å². The Balaban J connectivity index is 1.78. The second kappa shape index (κ2) is 5.59. The predicted molar refractivity (Wildman–Crippen MR) is 81.6 cm³/mol. The summed E-state index contributed by atoms with van der Waals surface area (Å²) in [7, 11) is 0. The molecule has 0 radical (unpaired) electrons. The molecule has 1 atom stereocenters. The summed E-state index contributed by atoms with van der Waals surface area (Å²) in [5.74, 6) is 0.788. The number of aryl methyl sites for hydroxylation is 1. The summed E-state index contributed by atoms with van der Waals surface area (Å²) in [4.78, 5) is 11.2. The van der Waals surface area contributed by atoms with Gasteiger partial charge in [0.15, 0.2) is 0 Å². The van der Waals surface area contributed by atoms with Crippen molar-refractivity contribution in [2.45, 2.75) is 25.8 Å². The summed E-state index contributed by atoms with van der Waals surface area (Å²) in [5.41, 5.74) is 9.46. The molecule has 3 rings (SSSR count). The number of nitrogens with zero attached hydrogens (tertiary/aromatic N) is 3. The Morgan fingerprint density at radius 2 is 1.80 bits per heavy atom. The number of hydrogen-bond donors (Lipinski definition) is 1. The third-order valence-corrected chi connectivity index (χ3v) is 3.76. The lowest BCUT2D eigenvalue weighted by Gasteiger charge is -2.30. The van der Waals surface area contributed by atoms with Crippen molar-refractivity contribution in [3.8, 4) is 11.1 Å². The van der Waals surface area contributed by atoms with E-state index in [2.05, 4.69) is 46.1 Å². The van der Waals surface area contributed by atoms with Gasteiger partial charge < -0.3 is 10.6 Å². The molecule has 2 heterocycles. The van der Waals surface area contributed by atoms with Gasteiger partial charge in [0, 0.05) is 37.1 Å². The van der Waals surface area contributed by atoms with Crippen LogP contribution in [0.25, 0.3) is 11.1 Å². The summed E-state index contributed by atoms with van der Waals surface area (Å²) in [6.07, 6.45) is 6.00. The van der Waals surface area contributed by atoms with Gasteiger partial charge in [-0.1, -0.05) is 29.8 Å². The van der Waals surface area contributed by atoms with E-state index in [9.17, 15) is 0 Å². The lowest BCUT2D eigenvalue weighted by molar-refractivity contribution is 0.500. The van der Waals surface area contributed by atoms with E-state index in [0.29, 0.717) is 0 Å². The molecule has 1 aliphatic heterocycles. The molecule has 1 fully saturated rings. The van der Waals surface area contributed by atoms with E-state index < -0.39 is 0 Å². The van der Waals surface area contributed by atoms with E-state index >= 15 is 0 Å². The van der Waals surface area contributed by atoms with Crippen LogP contribution in [0, 0.1) is 6.92 Å². The molecule has 0 aliphatic carbocycles. The van der Waals surface area contributed by atoms with Crippen molar-refractivity contribution in [2.75, 3.05) is 18.0 Å². The van der Waals surface area contributed by atoms with Crippen LogP contribution >= 0.6 is 0 Å². The first-order valence-electron chi connectivity index (χ1n) is 7.12. The number of anilines is 1. The molecule has 1 unspecified atom stereocenters. The molecule has 2 aromatic rings. The molecule has 0 saturated carbocycles. The fourth-order valence-electron chi connectivity index (χ4n) is 2.57. The lowest BCUT2D eigenvalue weighted by Crippen LogP contribution is -2.43.